The SMILES string of the molecule is Cc1nnc2n1-c1cccc(Br)c1COC2.Cc1nnc2n1-c1cccc(Oc3ccccc3)c1COC2.Oc1ccccc1. The number of rotatable bonds is 2. The lowest BCUT2D eigenvalue weighted by Crippen LogP contribution is -2.03. The van der Waals surface area contributed by atoms with Crippen LogP contribution in [0.4, 0.5) is 0 Å². The van der Waals surface area contributed by atoms with Crippen molar-refractivity contribution in [1.29, 1.82) is 0 Å². The average Bonchev–Trinajstić information content (AvgIpc) is 3.45. The molecule has 4 aromatic carbocycles. The quantitative estimate of drug-likeness (QED) is 0.207. The Labute approximate surface area is 269 Å². The van der Waals surface area contributed by atoms with Gasteiger partial charge in [-0.3, -0.25) is 9.13 Å². The second kappa shape index (κ2) is 13.9. The standard InChI is InChI=1S/C17H15N3O2.C11H10BrN3O.C6H6O/c1-12-18-19-17-11-21-10-14-15(20(12)17)8-5-9-16(14)22-13-6-3-2-4-7-13;1-7-13-14-11-6-16-5-8-9(12)3-2-4-10(8)15(7)11;7-6-4-2-1-3-5-6/h2-9H,10-11H2,1H3;2-4H,5-6H2,1H3;1-5,7H. The Hall–Kier alpha value is -4.84. The highest BCUT2D eigenvalue weighted by Gasteiger charge is 2.22. The number of benzene rings is 4. The van der Waals surface area contributed by atoms with E-state index in [2.05, 4.69) is 42.4 Å². The summed E-state index contributed by atoms with van der Waals surface area (Å²) in [6.45, 7) is 5.92. The van der Waals surface area contributed by atoms with Crippen LogP contribution in [0.15, 0.2) is 102 Å². The van der Waals surface area contributed by atoms with Crippen LogP contribution in [0.5, 0.6) is 17.2 Å². The van der Waals surface area contributed by atoms with Crippen molar-refractivity contribution in [1.82, 2.24) is 29.5 Å². The van der Waals surface area contributed by atoms with Crippen molar-refractivity contribution >= 4 is 15.9 Å². The van der Waals surface area contributed by atoms with Crippen LogP contribution in [0.2, 0.25) is 0 Å². The van der Waals surface area contributed by atoms with Gasteiger partial charge in [0.1, 0.15) is 42.1 Å². The Morgan fingerprint density at radius 3 is 1.73 bits per heavy atom. The molecule has 0 aliphatic carbocycles. The zero-order chi connectivity index (χ0) is 31.2. The molecule has 0 spiro atoms. The number of aromatic hydroxyl groups is 1. The second-order valence-electron chi connectivity index (χ2n) is 10.2. The van der Waals surface area contributed by atoms with Gasteiger partial charge in [0.05, 0.1) is 24.6 Å². The zero-order valence-electron chi connectivity index (χ0n) is 24.8. The molecule has 0 radical (unpaired) electrons. The van der Waals surface area contributed by atoms with E-state index in [0.717, 1.165) is 61.8 Å². The summed E-state index contributed by atoms with van der Waals surface area (Å²) in [4.78, 5) is 0. The maximum absolute atomic E-state index is 8.63. The normalized spacial score (nSPS) is 12.8. The molecule has 0 amide bonds. The predicted octanol–water partition coefficient (Wildman–Crippen LogP) is 7.16. The van der Waals surface area contributed by atoms with Crippen LogP contribution >= 0.6 is 15.9 Å². The molecule has 1 N–H and O–H groups in total. The third kappa shape index (κ3) is 6.80. The Morgan fingerprint density at radius 2 is 1.16 bits per heavy atom. The van der Waals surface area contributed by atoms with Crippen molar-refractivity contribution in [3.8, 4) is 28.6 Å². The fourth-order valence-corrected chi connectivity index (χ4v) is 5.53. The first-order valence-electron chi connectivity index (χ1n) is 14.3. The number of phenolic OH excluding ortho intramolecular Hbond substituents is 1. The molecule has 0 unspecified atom stereocenters. The number of halogens is 1. The van der Waals surface area contributed by atoms with Crippen molar-refractivity contribution in [2.75, 3.05) is 0 Å². The van der Waals surface area contributed by atoms with Crippen molar-refractivity contribution in [2.24, 2.45) is 0 Å². The minimum absolute atomic E-state index is 0.322. The number of aromatic nitrogens is 6. The van der Waals surface area contributed by atoms with Gasteiger partial charge < -0.3 is 19.3 Å². The van der Waals surface area contributed by atoms with E-state index in [1.807, 2.05) is 89.7 Å². The molecule has 10 nitrogen and oxygen atoms in total. The average molecular weight is 668 g/mol. The number of fused-ring (bicyclic) bond motifs is 6. The molecule has 45 heavy (non-hydrogen) atoms. The van der Waals surface area contributed by atoms with E-state index in [0.29, 0.717) is 32.2 Å². The Morgan fingerprint density at radius 1 is 0.622 bits per heavy atom. The van der Waals surface area contributed by atoms with Gasteiger partial charge in [-0.15, -0.1) is 20.4 Å². The van der Waals surface area contributed by atoms with Crippen LogP contribution in [-0.2, 0) is 35.9 Å². The lowest BCUT2D eigenvalue weighted by Gasteiger charge is -2.14. The van der Waals surface area contributed by atoms with Gasteiger partial charge in [-0.2, -0.15) is 0 Å². The number of phenols is 1. The molecule has 6 aromatic rings. The smallest absolute Gasteiger partial charge is 0.163 e. The van der Waals surface area contributed by atoms with E-state index >= 15 is 0 Å². The number of aryl methyl sites for hydroxylation is 2. The Balaban J connectivity index is 0.000000135. The highest BCUT2D eigenvalue weighted by atomic mass is 79.9. The summed E-state index contributed by atoms with van der Waals surface area (Å²) in [5.74, 6) is 5.33. The topological polar surface area (TPSA) is 109 Å². The van der Waals surface area contributed by atoms with Crippen LogP contribution in [0.1, 0.15) is 34.4 Å². The first-order chi connectivity index (χ1) is 22.0. The summed E-state index contributed by atoms with van der Waals surface area (Å²) in [5.41, 5.74) is 4.27. The largest absolute Gasteiger partial charge is 0.508 e. The summed E-state index contributed by atoms with van der Waals surface area (Å²) in [6, 6.07) is 30.5. The van der Waals surface area contributed by atoms with Gasteiger partial charge in [0.15, 0.2) is 11.6 Å². The zero-order valence-corrected chi connectivity index (χ0v) is 26.4. The minimum atomic E-state index is 0.322. The summed E-state index contributed by atoms with van der Waals surface area (Å²) in [5, 5.41) is 25.2. The van der Waals surface area contributed by atoms with Crippen LogP contribution < -0.4 is 4.74 Å². The lowest BCUT2D eigenvalue weighted by atomic mass is 10.1. The number of para-hydroxylation sites is 2. The van der Waals surface area contributed by atoms with Gasteiger partial charge in [0, 0.05) is 15.6 Å². The van der Waals surface area contributed by atoms with E-state index in [9.17, 15) is 0 Å². The number of nitrogens with zero attached hydrogens (tertiary/aromatic N) is 6. The van der Waals surface area contributed by atoms with Crippen molar-refractivity contribution < 1.29 is 19.3 Å². The van der Waals surface area contributed by atoms with Gasteiger partial charge in [0.2, 0.25) is 0 Å². The molecule has 0 bridgehead atoms. The molecular weight excluding hydrogens is 636 g/mol. The third-order valence-corrected chi connectivity index (χ3v) is 7.89. The molecule has 0 fully saturated rings. The monoisotopic (exact) mass is 666 g/mol. The molecule has 0 saturated heterocycles. The molecule has 8 rings (SSSR count). The molecule has 2 aliphatic heterocycles. The summed E-state index contributed by atoms with van der Waals surface area (Å²) < 4.78 is 22.5. The molecule has 2 aliphatic rings. The van der Waals surface area contributed by atoms with E-state index in [-0.39, 0.29) is 0 Å². The maximum atomic E-state index is 8.63. The first-order valence-corrected chi connectivity index (χ1v) is 15.1. The summed E-state index contributed by atoms with van der Waals surface area (Å²) in [7, 11) is 0. The summed E-state index contributed by atoms with van der Waals surface area (Å²) in [6.07, 6.45) is 0. The molecule has 228 valence electrons. The lowest BCUT2D eigenvalue weighted by molar-refractivity contribution is 0.104. The van der Waals surface area contributed by atoms with E-state index in [4.69, 9.17) is 19.3 Å². The highest BCUT2D eigenvalue weighted by molar-refractivity contribution is 9.10. The Kier molecular flexibility index (Phi) is 9.30. The van der Waals surface area contributed by atoms with Crippen LogP contribution in [-0.4, -0.2) is 34.6 Å². The van der Waals surface area contributed by atoms with Gasteiger partial charge in [-0.25, -0.2) is 0 Å². The third-order valence-electron chi connectivity index (χ3n) is 7.15. The highest BCUT2D eigenvalue weighted by Crippen LogP contribution is 2.33. The fourth-order valence-electron chi connectivity index (χ4n) is 5.06. The number of ether oxygens (including phenoxy) is 3. The van der Waals surface area contributed by atoms with Crippen LogP contribution in [0.25, 0.3) is 11.4 Å². The van der Waals surface area contributed by atoms with Crippen LogP contribution in [0.3, 0.4) is 0 Å². The minimum Gasteiger partial charge on any atom is -0.508 e. The van der Waals surface area contributed by atoms with E-state index in [1.165, 1.54) is 0 Å². The molecule has 2 aromatic heterocycles. The fraction of sp³-hybridized carbons (Fsp3) is 0.176. The van der Waals surface area contributed by atoms with Gasteiger partial charge >= 0.3 is 0 Å². The van der Waals surface area contributed by atoms with Crippen molar-refractivity contribution in [3.05, 3.63) is 136 Å². The van der Waals surface area contributed by atoms with Crippen LogP contribution in [0, 0.1) is 13.8 Å². The van der Waals surface area contributed by atoms with Gasteiger partial charge in [0.25, 0.3) is 0 Å². The molecular formula is C34H31BrN6O4. The Bertz CT molecular complexity index is 1890. The summed E-state index contributed by atoms with van der Waals surface area (Å²) >= 11 is 3.55. The molecule has 0 saturated carbocycles. The predicted molar refractivity (Wildman–Crippen MR) is 172 cm³/mol. The molecule has 4 heterocycles. The van der Waals surface area contributed by atoms with Crippen molar-refractivity contribution in [3.63, 3.8) is 0 Å². The van der Waals surface area contributed by atoms with Gasteiger partial charge in [-0.1, -0.05) is 64.5 Å². The van der Waals surface area contributed by atoms with Gasteiger partial charge in [-0.05, 0) is 62.4 Å². The molecule has 11 heteroatoms. The number of hydrogen-bond acceptors (Lipinski definition) is 8. The molecule has 0 atom stereocenters. The van der Waals surface area contributed by atoms with E-state index in [1.54, 1.807) is 24.3 Å². The maximum Gasteiger partial charge on any atom is 0.163 e. The first kappa shape index (κ1) is 30.2. The van der Waals surface area contributed by atoms with E-state index < -0.39 is 0 Å². The number of hydrogen-bond donors (Lipinski definition) is 1. The van der Waals surface area contributed by atoms with Crippen molar-refractivity contribution in [2.45, 2.75) is 40.3 Å². The second-order valence-corrected chi connectivity index (χ2v) is 11.1.